The topological polar surface area (TPSA) is 112 Å². The number of aromatic nitrogens is 1. The minimum atomic E-state index is -0.875. The van der Waals surface area contributed by atoms with Crippen molar-refractivity contribution < 1.29 is 14.7 Å². The number of hydrogen-bond donors (Lipinski definition) is 3. The van der Waals surface area contributed by atoms with Crippen molar-refractivity contribution in [1.29, 1.82) is 0 Å². The van der Waals surface area contributed by atoms with E-state index in [0.717, 1.165) is 24.2 Å². The molecule has 3 aliphatic heterocycles. The summed E-state index contributed by atoms with van der Waals surface area (Å²) in [7, 11) is 0. The van der Waals surface area contributed by atoms with Gasteiger partial charge < -0.3 is 21.1 Å². The van der Waals surface area contributed by atoms with Crippen LogP contribution < -0.4 is 16.0 Å². The number of nitrogens with one attached hydrogen (secondary N) is 1. The monoisotopic (exact) mass is 457 g/mol. The number of anilines is 3. The molecule has 4 heterocycles. The maximum Gasteiger partial charge on any atom is 0.407 e. The summed E-state index contributed by atoms with van der Waals surface area (Å²) in [6, 6.07) is 20.8. The zero-order chi connectivity index (χ0) is 23.7. The minimum absolute atomic E-state index is 0.0602. The van der Waals surface area contributed by atoms with Crippen molar-refractivity contribution in [2.45, 2.75) is 30.8 Å². The molecule has 6 rings (SSSR count). The number of piperazine rings is 1. The number of carbonyl (C=O) groups excluding carboxylic acids is 1. The van der Waals surface area contributed by atoms with E-state index in [4.69, 9.17) is 5.73 Å². The van der Waals surface area contributed by atoms with Crippen LogP contribution in [0.1, 0.15) is 28.8 Å². The van der Waals surface area contributed by atoms with Gasteiger partial charge in [-0.05, 0) is 49.1 Å². The Labute approximate surface area is 198 Å². The van der Waals surface area contributed by atoms with E-state index < -0.39 is 11.6 Å². The third-order valence-corrected chi connectivity index (χ3v) is 6.93. The van der Waals surface area contributed by atoms with Crippen LogP contribution in [0.2, 0.25) is 0 Å². The molecule has 174 valence electrons. The molecular formula is C26H27N5O3. The number of amides is 2. The minimum Gasteiger partial charge on any atom is -0.465 e. The lowest BCUT2D eigenvalue weighted by Crippen LogP contribution is -2.72. The average Bonchev–Trinajstić information content (AvgIpc) is 2.86. The molecule has 2 unspecified atom stereocenters. The Bertz CT molecular complexity index is 1200. The van der Waals surface area contributed by atoms with Crippen LogP contribution in [0, 0.1) is 0 Å². The molecule has 0 radical (unpaired) electrons. The van der Waals surface area contributed by atoms with Gasteiger partial charge in [0.1, 0.15) is 5.82 Å². The number of carbonyl (C=O) groups is 2. The van der Waals surface area contributed by atoms with Gasteiger partial charge in [-0.1, -0.05) is 42.5 Å². The van der Waals surface area contributed by atoms with Gasteiger partial charge in [0.2, 0.25) is 0 Å². The van der Waals surface area contributed by atoms with Crippen molar-refractivity contribution in [1.82, 2.24) is 9.88 Å². The zero-order valence-electron chi connectivity index (χ0n) is 18.7. The maximum atomic E-state index is 12.7. The molecule has 2 atom stereocenters. The van der Waals surface area contributed by atoms with E-state index in [1.54, 1.807) is 29.3 Å². The Morgan fingerprint density at radius 2 is 1.85 bits per heavy atom. The first-order valence-corrected chi connectivity index (χ1v) is 11.4. The third kappa shape index (κ3) is 4.03. The number of nitrogens with zero attached hydrogens (tertiary/aromatic N) is 3. The lowest BCUT2D eigenvalue weighted by Gasteiger charge is -2.58. The van der Waals surface area contributed by atoms with E-state index in [9.17, 15) is 14.7 Å². The first kappa shape index (κ1) is 21.8. The number of nitrogens with two attached hydrogens (primary N) is 1. The Kier molecular flexibility index (Phi) is 5.57. The number of pyridine rings is 1. The molecule has 34 heavy (non-hydrogen) atoms. The second kappa shape index (κ2) is 8.70. The van der Waals surface area contributed by atoms with Gasteiger partial charge >= 0.3 is 6.09 Å². The first-order chi connectivity index (χ1) is 16.4. The standard InChI is InChI=1S/C26H27N5O3/c27-21-8-4-5-9-22(21)29-24(32)19-10-11-23(28-15-19)30-17-26(14-18-6-2-1-3-7-18)13-12-20(30)16-31(26)25(33)34/h1-11,15,20H,12-14,16-17,27H2,(H,29,32)(H,33,34). The average molecular weight is 458 g/mol. The summed E-state index contributed by atoms with van der Waals surface area (Å²) in [5.74, 6) is 0.470. The quantitative estimate of drug-likeness (QED) is 0.502. The molecule has 0 spiro atoms. The molecule has 2 amide bonds. The molecule has 2 aromatic carbocycles. The highest BCUT2D eigenvalue weighted by Gasteiger charge is 2.52. The summed E-state index contributed by atoms with van der Waals surface area (Å²) in [5, 5.41) is 12.8. The number of piperidine rings is 2. The van der Waals surface area contributed by atoms with E-state index in [2.05, 4.69) is 15.2 Å². The highest BCUT2D eigenvalue weighted by atomic mass is 16.4. The molecule has 3 aromatic rings. The zero-order valence-corrected chi connectivity index (χ0v) is 18.7. The van der Waals surface area contributed by atoms with Gasteiger partial charge in [-0.25, -0.2) is 9.78 Å². The van der Waals surface area contributed by atoms with Crippen LogP contribution in [0.25, 0.3) is 0 Å². The summed E-state index contributed by atoms with van der Waals surface area (Å²) >= 11 is 0. The fourth-order valence-corrected chi connectivity index (χ4v) is 5.19. The first-order valence-electron chi connectivity index (χ1n) is 11.4. The molecular weight excluding hydrogens is 430 g/mol. The number of carboxylic acid groups (broad SMARTS) is 1. The van der Waals surface area contributed by atoms with E-state index >= 15 is 0 Å². The highest BCUT2D eigenvalue weighted by molar-refractivity contribution is 6.05. The van der Waals surface area contributed by atoms with Crippen LogP contribution in [0.5, 0.6) is 0 Å². The van der Waals surface area contributed by atoms with Crippen LogP contribution in [0.3, 0.4) is 0 Å². The molecule has 8 nitrogen and oxygen atoms in total. The SMILES string of the molecule is Nc1ccccc1NC(=O)c1ccc(N2CC3(Cc4ccccc4)CCC2CN3C(=O)O)nc1. The molecule has 0 aliphatic carbocycles. The number of nitrogen functional groups attached to an aromatic ring is 1. The van der Waals surface area contributed by atoms with Crippen LogP contribution >= 0.6 is 0 Å². The third-order valence-electron chi connectivity index (χ3n) is 6.93. The van der Waals surface area contributed by atoms with E-state index in [0.29, 0.717) is 36.4 Å². The van der Waals surface area contributed by atoms with Crippen molar-refractivity contribution in [3.63, 3.8) is 0 Å². The van der Waals surface area contributed by atoms with Gasteiger partial charge in [0.05, 0.1) is 22.5 Å². The number of rotatable bonds is 5. The summed E-state index contributed by atoms with van der Waals surface area (Å²) in [6.07, 6.45) is 3.05. The predicted molar refractivity (Wildman–Crippen MR) is 131 cm³/mol. The van der Waals surface area contributed by atoms with Crippen molar-refractivity contribution in [3.05, 3.63) is 84.1 Å². The molecule has 0 saturated carbocycles. The fraction of sp³-hybridized carbons (Fsp3) is 0.269. The van der Waals surface area contributed by atoms with Gasteiger partial charge in [-0.2, -0.15) is 0 Å². The smallest absolute Gasteiger partial charge is 0.407 e. The van der Waals surface area contributed by atoms with E-state index in [-0.39, 0.29) is 11.9 Å². The summed E-state index contributed by atoms with van der Waals surface area (Å²) < 4.78 is 0. The van der Waals surface area contributed by atoms with Gasteiger partial charge in [0.25, 0.3) is 5.91 Å². The van der Waals surface area contributed by atoms with Gasteiger partial charge in [0, 0.05) is 25.3 Å². The van der Waals surface area contributed by atoms with Crippen LogP contribution in [0.15, 0.2) is 72.9 Å². The second-order valence-electron chi connectivity index (χ2n) is 9.05. The van der Waals surface area contributed by atoms with Crippen molar-refractivity contribution in [2.75, 3.05) is 29.0 Å². The molecule has 2 bridgehead atoms. The highest BCUT2D eigenvalue weighted by Crippen LogP contribution is 2.41. The van der Waals surface area contributed by atoms with Crippen LogP contribution in [-0.2, 0) is 6.42 Å². The predicted octanol–water partition coefficient (Wildman–Crippen LogP) is 3.86. The van der Waals surface area contributed by atoms with Crippen molar-refractivity contribution in [3.8, 4) is 0 Å². The molecule has 4 N–H and O–H groups in total. The Hall–Kier alpha value is -4.07. The normalized spacial score (nSPS) is 21.4. The summed E-state index contributed by atoms with van der Waals surface area (Å²) in [5.41, 5.74) is 8.02. The molecule has 8 heteroatoms. The Morgan fingerprint density at radius 1 is 1.09 bits per heavy atom. The lowest BCUT2D eigenvalue weighted by atomic mass is 9.75. The number of benzene rings is 2. The largest absolute Gasteiger partial charge is 0.465 e. The number of hydrogen-bond acceptors (Lipinski definition) is 5. The molecule has 1 aromatic heterocycles. The van der Waals surface area contributed by atoms with Gasteiger partial charge in [-0.15, -0.1) is 0 Å². The van der Waals surface area contributed by atoms with Crippen LogP contribution in [0.4, 0.5) is 22.0 Å². The van der Waals surface area contributed by atoms with E-state index in [1.165, 1.54) is 0 Å². The second-order valence-corrected chi connectivity index (χ2v) is 9.05. The maximum absolute atomic E-state index is 12.7. The van der Waals surface area contributed by atoms with Crippen molar-refractivity contribution >= 4 is 29.2 Å². The fourth-order valence-electron chi connectivity index (χ4n) is 5.19. The summed E-state index contributed by atoms with van der Waals surface area (Å²) in [6.45, 7) is 1.01. The lowest BCUT2D eigenvalue weighted by molar-refractivity contribution is 0.0151. The summed E-state index contributed by atoms with van der Waals surface area (Å²) in [4.78, 5) is 33.2. The van der Waals surface area contributed by atoms with Crippen molar-refractivity contribution in [2.24, 2.45) is 0 Å². The molecule has 3 saturated heterocycles. The number of fused-ring (bicyclic) bond motifs is 3. The van der Waals surface area contributed by atoms with Gasteiger partial charge in [-0.3, -0.25) is 9.69 Å². The Morgan fingerprint density at radius 3 is 2.56 bits per heavy atom. The van der Waals surface area contributed by atoms with Crippen LogP contribution in [-0.4, -0.2) is 51.7 Å². The number of para-hydroxylation sites is 2. The van der Waals surface area contributed by atoms with Gasteiger partial charge in [0.15, 0.2) is 0 Å². The Balaban J connectivity index is 1.36. The van der Waals surface area contributed by atoms with E-state index in [1.807, 2.05) is 48.5 Å². The molecule has 3 fully saturated rings. The molecule has 3 aliphatic rings.